The van der Waals surface area contributed by atoms with E-state index < -0.39 is 0 Å². The summed E-state index contributed by atoms with van der Waals surface area (Å²) < 4.78 is 3.35. The lowest BCUT2D eigenvalue weighted by atomic mass is 9.96. The quantitative estimate of drug-likeness (QED) is 0.920. The molecule has 1 aliphatic heterocycles. The Morgan fingerprint density at radius 2 is 2.32 bits per heavy atom. The highest BCUT2D eigenvalue weighted by molar-refractivity contribution is 9.10. The van der Waals surface area contributed by atoms with Crippen LogP contribution in [-0.4, -0.2) is 22.6 Å². The van der Waals surface area contributed by atoms with E-state index in [-0.39, 0.29) is 0 Å². The Morgan fingerprint density at radius 1 is 1.47 bits per heavy atom. The van der Waals surface area contributed by atoms with Crippen LogP contribution in [0.1, 0.15) is 24.2 Å². The van der Waals surface area contributed by atoms with E-state index in [9.17, 15) is 0 Å². The molecule has 3 rings (SSSR count). The molecule has 1 fully saturated rings. The fraction of sp³-hybridized carbons (Fsp3) is 0.533. The Bertz CT molecular complexity index is 597. The van der Waals surface area contributed by atoms with Crippen LogP contribution in [0.3, 0.4) is 0 Å². The number of nitrogens with zero attached hydrogens (tertiary/aromatic N) is 2. The summed E-state index contributed by atoms with van der Waals surface area (Å²) in [6, 6.07) is 4.36. The molecule has 0 spiro atoms. The van der Waals surface area contributed by atoms with Crippen LogP contribution in [0.15, 0.2) is 16.6 Å². The number of rotatable bonds is 2. The van der Waals surface area contributed by atoms with Gasteiger partial charge in [0, 0.05) is 17.9 Å². The SMILES string of the molecule is Cc1cc(Br)c2nc(CC3CCCNC3)n(C)c2c1. The Morgan fingerprint density at radius 3 is 3.05 bits per heavy atom. The lowest BCUT2D eigenvalue weighted by Gasteiger charge is -2.22. The average Bonchev–Trinajstić information content (AvgIpc) is 2.69. The number of aromatic nitrogens is 2. The summed E-state index contributed by atoms with van der Waals surface area (Å²) in [5.74, 6) is 1.93. The average molecular weight is 322 g/mol. The maximum Gasteiger partial charge on any atom is 0.109 e. The zero-order chi connectivity index (χ0) is 13.4. The smallest absolute Gasteiger partial charge is 0.109 e. The topological polar surface area (TPSA) is 29.9 Å². The summed E-state index contributed by atoms with van der Waals surface area (Å²) in [6.45, 7) is 4.43. The molecule has 4 heteroatoms. The van der Waals surface area contributed by atoms with E-state index in [1.807, 2.05) is 0 Å². The van der Waals surface area contributed by atoms with Crippen molar-refractivity contribution in [3.63, 3.8) is 0 Å². The fourth-order valence-electron chi connectivity index (χ4n) is 2.96. The second-order valence-electron chi connectivity index (χ2n) is 5.62. The Labute approximate surface area is 122 Å². The van der Waals surface area contributed by atoms with Gasteiger partial charge in [-0.3, -0.25) is 0 Å². The molecule has 1 aliphatic rings. The van der Waals surface area contributed by atoms with Crippen molar-refractivity contribution in [2.75, 3.05) is 13.1 Å². The normalized spacial score (nSPS) is 20.1. The number of benzene rings is 1. The molecule has 0 bridgehead atoms. The number of imidazole rings is 1. The molecule has 2 aromatic rings. The highest BCUT2D eigenvalue weighted by Gasteiger charge is 2.18. The largest absolute Gasteiger partial charge is 0.331 e. The van der Waals surface area contributed by atoms with E-state index in [1.54, 1.807) is 0 Å². The van der Waals surface area contributed by atoms with E-state index >= 15 is 0 Å². The van der Waals surface area contributed by atoms with Crippen LogP contribution < -0.4 is 5.32 Å². The van der Waals surface area contributed by atoms with Gasteiger partial charge in [-0.1, -0.05) is 0 Å². The minimum absolute atomic E-state index is 0.726. The summed E-state index contributed by atoms with van der Waals surface area (Å²) >= 11 is 3.63. The number of piperidine rings is 1. The monoisotopic (exact) mass is 321 g/mol. The van der Waals surface area contributed by atoms with Crippen molar-refractivity contribution < 1.29 is 0 Å². The highest BCUT2D eigenvalue weighted by atomic mass is 79.9. The lowest BCUT2D eigenvalue weighted by Crippen LogP contribution is -2.31. The maximum atomic E-state index is 4.84. The molecule has 1 saturated heterocycles. The third-order valence-corrected chi connectivity index (χ3v) is 4.65. The molecule has 0 aliphatic carbocycles. The van der Waals surface area contributed by atoms with Crippen molar-refractivity contribution in [2.45, 2.75) is 26.2 Å². The van der Waals surface area contributed by atoms with Crippen molar-refractivity contribution in [3.8, 4) is 0 Å². The van der Waals surface area contributed by atoms with Crippen LogP contribution in [0.4, 0.5) is 0 Å². The molecule has 2 heterocycles. The van der Waals surface area contributed by atoms with Crippen LogP contribution in [0.2, 0.25) is 0 Å². The summed E-state index contributed by atoms with van der Waals surface area (Å²) in [6.07, 6.45) is 3.68. The van der Waals surface area contributed by atoms with Gasteiger partial charge in [-0.05, 0) is 72.4 Å². The summed E-state index contributed by atoms with van der Waals surface area (Å²) in [5, 5.41) is 3.48. The number of hydrogen-bond acceptors (Lipinski definition) is 2. The van der Waals surface area contributed by atoms with Crippen molar-refractivity contribution in [3.05, 3.63) is 28.0 Å². The molecule has 19 heavy (non-hydrogen) atoms. The van der Waals surface area contributed by atoms with Gasteiger partial charge < -0.3 is 9.88 Å². The van der Waals surface area contributed by atoms with Gasteiger partial charge in [0.25, 0.3) is 0 Å². The molecule has 1 unspecified atom stereocenters. The summed E-state index contributed by atoms with van der Waals surface area (Å²) in [5.41, 5.74) is 3.59. The first-order chi connectivity index (χ1) is 9.15. The van der Waals surface area contributed by atoms with Gasteiger partial charge in [0.2, 0.25) is 0 Å². The van der Waals surface area contributed by atoms with E-state index in [0.717, 1.165) is 28.9 Å². The zero-order valence-electron chi connectivity index (χ0n) is 11.5. The van der Waals surface area contributed by atoms with E-state index in [2.05, 4.69) is 51.9 Å². The van der Waals surface area contributed by atoms with Crippen molar-refractivity contribution in [1.82, 2.24) is 14.9 Å². The van der Waals surface area contributed by atoms with Gasteiger partial charge in [0.15, 0.2) is 0 Å². The molecular formula is C15H20BrN3. The number of halogens is 1. The van der Waals surface area contributed by atoms with Gasteiger partial charge in [0.1, 0.15) is 11.3 Å². The molecule has 102 valence electrons. The van der Waals surface area contributed by atoms with Gasteiger partial charge in [-0.2, -0.15) is 0 Å². The maximum absolute atomic E-state index is 4.84. The molecule has 3 nitrogen and oxygen atoms in total. The van der Waals surface area contributed by atoms with Crippen LogP contribution in [0.5, 0.6) is 0 Å². The Balaban J connectivity index is 1.95. The summed E-state index contributed by atoms with van der Waals surface area (Å²) in [7, 11) is 2.13. The summed E-state index contributed by atoms with van der Waals surface area (Å²) in [4.78, 5) is 4.84. The predicted octanol–water partition coefficient (Wildman–Crippen LogP) is 3.19. The third kappa shape index (κ3) is 2.56. The minimum atomic E-state index is 0.726. The lowest BCUT2D eigenvalue weighted by molar-refractivity contribution is 0.368. The van der Waals surface area contributed by atoms with Crippen LogP contribution >= 0.6 is 15.9 Å². The molecule has 1 atom stereocenters. The minimum Gasteiger partial charge on any atom is -0.331 e. The van der Waals surface area contributed by atoms with E-state index in [0.29, 0.717) is 0 Å². The standard InChI is InChI=1S/C15H20BrN3/c1-10-6-12(16)15-13(7-10)19(2)14(18-15)8-11-4-3-5-17-9-11/h6-7,11,17H,3-5,8-9H2,1-2H3. The highest BCUT2D eigenvalue weighted by Crippen LogP contribution is 2.27. The van der Waals surface area contributed by atoms with Gasteiger partial charge in [-0.25, -0.2) is 4.98 Å². The number of aryl methyl sites for hydroxylation is 2. The fourth-order valence-corrected chi connectivity index (χ4v) is 3.62. The van der Waals surface area contributed by atoms with Gasteiger partial charge in [-0.15, -0.1) is 0 Å². The first-order valence-corrected chi connectivity index (χ1v) is 7.76. The second kappa shape index (κ2) is 5.25. The first-order valence-electron chi connectivity index (χ1n) is 6.97. The van der Waals surface area contributed by atoms with Crippen LogP contribution in [0, 0.1) is 12.8 Å². The van der Waals surface area contributed by atoms with Gasteiger partial charge >= 0.3 is 0 Å². The van der Waals surface area contributed by atoms with E-state index in [1.165, 1.54) is 36.3 Å². The zero-order valence-corrected chi connectivity index (χ0v) is 13.1. The molecule has 0 saturated carbocycles. The van der Waals surface area contributed by atoms with Crippen LogP contribution in [0.25, 0.3) is 11.0 Å². The molecule has 0 amide bonds. The van der Waals surface area contributed by atoms with Crippen molar-refractivity contribution in [1.29, 1.82) is 0 Å². The van der Waals surface area contributed by atoms with Gasteiger partial charge in [0.05, 0.1) is 5.52 Å². The van der Waals surface area contributed by atoms with E-state index in [4.69, 9.17) is 4.98 Å². The Hall–Kier alpha value is -0.870. The second-order valence-corrected chi connectivity index (χ2v) is 6.47. The number of nitrogens with one attached hydrogen (secondary N) is 1. The first kappa shape index (κ1) is 13.1. The predicted molar refractivity (Wildman–Crippen MR) is 82.4 cm³/mol. The number of fused-ring (bicyclic) bond motifs is 1. The van der Waals surface area contributed by atoms with Crippen molar-refractivity contribution in [2.24, 2.45) is 13.0 Å². The Kier molecular flexibility index (Phi) is 3.63. The number of hydrogen-bond donors (Lipinski definition) is 1. The van der Waals surface area contributed by atoms with Crippen molar-refractivity contribution >= 4 is 27.0 Å². The molecule has 1 N–H and O–H groups in total. The third-order valence-electron chi connectivity index (χ3n) is 4.05. The molecule has 0 radical (unpaired) electrons. The molecule has 1 aromatic carbocycles. The molecule has 1 aromatic heterocycles. The van der Waals surface area contributed by atoms with Crippen LogP contribution in [-0.2, 0) is 13.5 Å². The molecular weight excluding hydrogens is 302 g/mol.